The normalized spacial score (nSPS) is 21.7. The van der Waals surface area contributed by atoms with Crippen molar-refractivity contribution >= 4 is 34.3 Å². The van der Waals surface area contributed by atoms with Crippen LogP contribution in [0.4, 0.5) is 4.79 Å². The maximum absolute atomic E-state index is 10.8. The van der Waals surface area contributed by atoms with Gasteiger partial charge in [0.2, 0.25) is 0 Å². The van der Waals surface area contributed by atoms with Gasteiger partial charge in [-0.1, -0.05) is 0 Å². The van der Waals surface area contributed by atoms with Crippen LogP contribution >= 0.6 is 23.8 Å². The van der Waals surface area contributed by atoms with Crippen LogP contribution in [0.2, 0.25) is 0 Å². The third kappa shape index (κ3) is 1.46. The highest BCUT2D eigenvalue weighted by atomic mass is 35.5. The number of thiocarbonyl (C=S) groups is 1. The van der Waals surface area contributed by atoms with Crippen LogP contribution in [0.15, 0.2) is 0 Å². The van der Waals surface area contributed by atoms with Crippen LogP contribution in [0, 0.1) is 0 Å². The average molecular weight is 193 g/mol. The second-order valence-corrected chi connectivity index (χ2v) is 3.77. The Kier molecular flexibility index (Phi) is 2.07. The van der Waals surface area contributed by atoms with Crippen molar-refractivity contribution in [3.05, 3.63) is 0 Å². The molecule has 5 heteroatoms. The molecule has 1 amide bonds. The molecule has 0 aliphatic carbocycles. The van der Waals surface area contributed by atoms with E-state index in [4.69, 9.17) is 23.8 Å². The van der Waals surface area contributed by atoms with Gasteiger partial charge in [0.15, 0.2) is 5.11 Å². The van der Waals surface area contributed by atoms with Crippen molar-refractivity contribution in [1.29, 1.82) is 0 Å². The molecule has 0 aromatic heterocycles. The number of amides is 1. The van der Waals surface area contributed by atoms with Crippen LogP contribution in [0.1, 0.15) is 13.8 Å². The molecule has 0 aromatic carbocycles. The number of halogens is 1. The summed E-state index contributed by atoms with van der Waals surface area (Å²) >= 11 is 10.2. The fourth-order valence-corrected chi connectivity index (χ4v) is 1.81. The van der Waals surface area contributed by atoms with Crippen molar-refractivity contribution in [2.45, 2.75) is 19.4 Å². The topological polar surface area (TPSA) is 32.3 Å². The van der Waals surface area contributed by atoms with Gasteiger partial charge in [-0.3, -0.25) is 9.69 Å². The predicted molar refractivity (Wildman–Crippen MR) is 47.8 cm³/mol. The van der Waals surface area contributed by atoms with E-state index < -0.39 is 5.37 Å². The molecule has 3 nitrogen and oxygen atoms in total. The summed E-state index contributed by atoms with van der Waals surface area (Å²) < 4.78 is 0. The second kappa shape index (κ2) is 2.60. The maximum Gasteiger partial charge on any atom is 0.323 e. The summed E-state index contributed by atoms with van der Waals surface area (Å²) in [5, 5.41) is 2.78. The number of nitrogens with zero attached hydrogens (tertiary/aromatic N) is 1. The van der Waals surface area contributed by atoms with Crippen molar-refractivity contribution in [3.63, 3.8) is 0 Å². The largest absolute Gasteiger partial charge is 0.360 e. The first kappa shape index (κ1) is 8.74. The SMILES string of the molecule is CC1(C)CNC(=S)N1C(=O)Cl. The molecular formula is C6H9ClN2OS. The fraction of sp³-hybridized carbons (Fsp3) is 0.667. The number of hydrogen-bond acceptors (Lipinski definition) is 2. The lowest BCUT2D eigenvalue weighted by atomic mass is 10.1. The van der Waals surface area contributed by atoms with Gasteiger partial charge in [0.05, 0.1) is 5.54 Å². The van der Waals surface area contributed by atoms with Crippen LogP contribution in [0.5, 0.6) is 0 Å². The molecular weight excluding hydrogens is 184 g/mol. The zero-order chi connectivity index (χ0) is 8.65. The van der Waals surface area contributed by atoms with Crippen molar-refractivity contribution in [1.82, 2.24) is 10.2 Å². The van der Waals surface area contributed by atoms with Crippen LogP contribution in [-0.2, 0) is 0 Å². The Morgan fingerprint density at radius 3 is 2.55 bits per heavy atom. The molecule has 1 saturated heterocycles. The molecule has 0 bridgehead atoms. The minimum atomic E-state index is -0.523. The van der Waals surface area contributed by atoms with E-state index >= 15 is 0 Å². The van der Waals surface area contributed by atoms with Crippen LogP contribution in [0.25, 0.3) is 0 Å². The second-order valence-electron chi connectivity index (χ2n) is 3.06. The lowest BCUT2D eigenvalue weighted by Gasteiger charge is -2.26. The first-order valence-corrected chi connectivity index (χ1v) is 4.01. The Morgan fingerprint density at radius 2 is 2.36 bits per heavy atom. The monoisotopic (exact) mass is 192 g/mol. The van der Waals surface area contributed by atoms with Gasteiger partial charge in [0.1, 0.15) is 0 Å². The third-order valence-corrected chi connectivity index (χ3v) is 2.15. The molecule has 1 heterocycles. The van der Waals surface area contributed by atoms with Crippen LogP contribution < -0.4 is 5.32 Å². The molecule has 1 fully saturated rings. The van der Waals surface area contributed by atoms with E-state index in [2.05, 4.69) is 5.32 Å². The highest BCUT2D eigenvalue weighted by Gasteiger charge is 2.38. The van der Waals surface area contributed by atoms with Gasteiger partial charge >= 0.3 is 5.37 Å². The first-order chi connectivity index (χ1) is 4.95. The van der Waals surface area contributed by atoms with E-state index in [1.54, 1.807) is 0 Å². The van der Waals surface area contributed by atoms with E-state index in [0.29, 0.717) is 11.7 Å². The summed E-state index contributed by atoms with van der Waals surface area (Å²) in [7, 11) is 0. The molecule has 1 N–H and O–H groups in total. The summed E-state index contributed by atoms with van der Waals surface area (Å²) in [6, 6.07) is 0. The molecule has 0 radical (unpaired) electrons. The number of rotatable bonds is 0. The fourth-order valence-electron chi connectivity index (χ4n) is 1.04. The summed E-state index contributed by atoms with van der Waals surface area (Å²) in [6.45, 7) is 4.46. The molecule has 0 saturated carbocycles. The lowest BCUT2D eigenvalue weighted by Crippen LogP contribution is -2.43. The number of carbonyl (C=O) groups excluding carboxylic acids is 1. The van der Waals surface area contributed by atoms with Crippen molar-refractivity contribution in [2.24, 2.45) is 0 Å². The molecule has 0 spiro atoms. The number of nitrogens with one attached hydrogen (secondary N) is 1. The Morgan fingerprint density at radius 1 is 1.82 bits per heavy atom. The lowest BCUT2D eigenvalue weighted by molar-refractivity contribution is 0.219. The third-order valence-electron chi connectivity index (χ3n) is 1.66. The van der Waals surface area contributed by atoms with E-state index in [-0.39, 0.29) is 5.54 Å². The highest BCUT2D eigenvalue weighted by molar-refractivity contribution is 7.80. The Hall–Kier alpha value is -0.350. The molecule has 0 atom stereocenters. The Labute approximate surface area is 75.7 Å². The summed E-state index contributed by atoms with van der Waals surface area (Å²) in [6.07, 6.45) is 0. The van der Waals surface area contributed by atoms with Crippen molar-refractivity contribution in [2.75, 3.05) is 6.54 Å². The van der Waals surface area contributed by atoms with Gasteiger partial charge in [-0.2, -0.15) is 0 Å². The summed E-state index contributed by atoms with van der Waals surface area (Å²) in [5.41, 5.74) is -0.296. The van der Waals surface area contributed by atoms with E-state index in [1.165, 1.54) is 4.90 Å². The van der Waals surface area contributed by atoms with Crippen molar-refractivity contribution in [3.8, 4) is 0 Å². The molecule has 1 aliphatic rings. The molecule has 0 unspecified atom stereocenters. The average Bonchev–Trinajstić information content (AvgIpc) is 2.06. The Bertz CT molecular complexity index is 217. The summed E-state index contributed by atoms with van der Waals surface area (Å²) in [5.74, 6) is 0. The molecule has 0 aromatic rings. The van der Waals surface area contributed by atoms with Gasteiger partial charge in [0, 0.05) is 6.54 Å². The molecule has 11 heavy (non-hydrogen) atoms. The zero-order valence-electron chi connectivity index (χ0n) is 6.35. The smallest absolute Gasteiger partial charge is 0.323 e. The number of carbonyl (C=O) groups is 1. The quantitative estimate of drug-likeness (QED) is 0.357. The van der Waals surface area contributed by atoms with E-state index in [9.17, 15) is 4.79 Å². The van der Waals surface area contributed by atoms with Gasteiger partial charge in [-0.05, 0) is 37.7 Å². The molecule has 1 aliphatic heterocycles. The molecule has 1 rings (SSSR count). The van der Waals surface area contributed by atoms with Crippen LogP contribution in [-0.4, -0.2) is 27.5 Å². The summed E-state index contributed by atoms with van der Waals surface area (Å²) in [4.78, 5) is 12.2. The highest BCUT2D eigenvalue weighted by Crippen LogP contribution is 2.20. The standard InChI is InChI=1S/C6H9ClN2OS/c1-6(2)3-8-5(11)9(6)4(7)10/h3H2,1-2H3,(H,8,11). The maximum atomic E-state index is 10.8. The van der Waals surface area contributed by atoms with Gasteiger partial charge in [-0.15, -0.1) is 0 Å². The predicted octanol–water partition coefficient (Wildman–Crippen LogP) is 1.31. The van der Waals surface area contributed by atoms with E-state index in [1.807, 2.05) is 13.8 Å². The first-order valence-electron chi connectivity index (χ1n) is 3.23. The Balaban J connectivity index is 2.89. The number of hydrogen-bond donors (Lipinski definition) is 1. The van der Waals surface area contributed by atoms with Crippen molar-refractivity contribution < 1.29 is 4.79 Å². The van der Waals surface area contributed by atoms with Crippen LogP contribution in [0.3, 0.4) is 0 Å². The minimum absolute atomic E-state index is 0.296. The minimum Gasteiger partial charge on any atom is -0.360 e. The molecule has 62 valence electrons. The van der Waals surface area contributed by atoms with E-state index in [0.717, 1.165) is 0 Å². The van der Waals surface area contributed by atoms with Gasteiger partial charge in [-0.25, -0.2) is 0 Å². The van der Waals surface area contributed by atoms with Gasteiger partial charge < -0.3 is 5.32 Å². The van der Waals surface area contributed by atoms with Gasteiger partial charge in [0.25, 0.3) is 0 Å². The zero-order valence-corrected chi connectivity index (χ0v) is 7.92.